The van der Waals surface area contributed by atoms with Gasteiger partial charge in [-0.2, -0.15) is 5.10 Å². The molecular formula is C16H23ClN4O. The third-order valence-electron chi connectivity index (χ3n) is 3.63. The number of hydrogen-bond acceptors (Lipinski definition) is 3. The highest BCUT2D eigenvalue weighted by Gasteiger charge is 2.22. The van der Waals surface area contributed by atoms with Gasteiger partial charge in [0, 0.05) is 32.4 Å². The Kier molecular flexibility index (Phi) is 6.59. The highest BCUT2D eigenvalue weighted by Crippen LogP contribution is 2.16. The highest BCUT2D eigenvalue weighted by atomic mass is 35.5. The molecule has 120 valence electrons. The van der Waals surface area contributed by atoms with E-state index in [1.54, 1.807) is 9.58 Å². The minimum atomic E-state index is -0.00703. The molecule has 1 aromatic heterocycles. The fraction of sp³-hybridized carbons (Fsp3) is 0.375. The first kappa shape index (κ1) is 18.2. The first-order valence-corrected chi connectivity index (χ1v) is 7.08. The lowest BCUT2D eigenvalue weighted by molar-refractivity contribution is 0.0746. The minimum absolute atomic E-state index is 0. The molecule has 5 nitrogen and oxygen atoms in total. The molecule has 0 spiro atoms. The molecule has 0 saturated carbocycles. The molecule has 0 atom stereocenters. The first-order valence-electron chi connectivity index (χ1n) is 7.08. The standard InChI is InChI=1S/C16H22N4O.ClH/c1-12-15(13(2)19(3)18-12)16(21)20(10-9-17)11-14-7-5-4-6-8-14;/h4-8H,9-11,17H2,1-3H3;1H. The fourth-order valence-electron chi connectivity index (χ4n) is 2.45. The van der Waals surface area contributed by atoms with Crippen molar-refractivity contribution in [1.82, 2.24) is 14.7 Å². The smallest absolute Gasteiger partial charge is 0.257 e. The molecule has 0 aliphatic rings. The number of amides is 1. The monoisotopic (exact) mass is 322 g/mol. The lowest BCUT2D eigenvalue weighted by Gasteiger charge is -2.22. The molecule has 2 aromatic rings. The van der Waals surface area contributed by atoms with Crippen LogP contribution in [0.15, 0.2) is 30.3 Å². The van der Waals surface area contributed by atoms with E-state index in [9.17, 15) is 4.79 Å². The van der Waals surface area contributed by atoms with Gasteiger partial charge in [-0.1, -0.05) is 30.3 Å². The highest BCUT2D eigenvalue weighted by molar-refractivity contribution is 5.96. The van der Waals surface area contributed by atoms with Gasteiger partial charge in [0.25, 0.3) is 5.91 Å². The van der Waals surface area contributed by atoms with Crippen LogP contribution < -0.4 is 5.73 Å². The van der Waals surface area contributed by atoms with Crippen LogP contribution in [-0.2, 0) is 13.6 Å². The van der Waals surface area contributed by atoms with Crippen LogP contribution in [0.5, 0.6) is 0 Å². The summed E-state index contributed by atoms with van der Waals surface area (Å²) < 4.78 is 1.74. The Morgan fingerprint density at radius 3 is 2.41 bits per heavy atom. The molecule has 0 saturated heterocycles. The largest absolute Gasteiger partial charge is 0.333 e. The van der Waals surface area contributed by atoms with Crippen LogP contribution in [0.1, 0.15) is 27.3 Å². The summed E-state index contributed by atoms with van der Waals surface area (Å²) in [5, 5.41) is 4.32. The zero-order chi connectivity index (χ0) is 15.4. The number of benzene rings is 1. The summed E-state index contributed by atoms with van der Waals surface area (Å²) in [6.07, 6.45) is 0. The first-order chi connectivity index (χ1) is 10.0. The number of carbonyl (C=O) groups is 1. The van der Waals surface area contributed by atoms with Gasteiger partial charge < -0.3 is 10.6 Å². The molecule has 1 aromatic carbocycles. The van der Waals surface area contributed by atoms with Crippen molar-refractivity contribution in [3.63, 3.8) is 0 Å². The molecular weight excluding hydrogens is 300 g/mol. The van der Waals surface area contributed by atoms with Crippen LogP contribution in [0.25, 0.3) is 0 Å². The minimum Gasteiger partial charge on any atom is -0.333 e. The number of aromatic nitrogens is 2. The maximum Gasteiger partial charge on any atom is 0.257 e. The zero-order valence-electron chi connectivity index (χ0n) is 13.2. The van der Waals surface area contributed by atoms with Crippen molar-refractivity contribution >= 4 is 18.3 Å². The predicted octanol–water partition coefficient (Wildman–Crippen LogP) is 2.06. The Labute approximate surface area is 137 Å². The van der Waals surface area contributed by atoms with E-state index in [1.165, 1.54) is 0 Å². The van der Waals surface area contributed by atoms with Crippen LogP contribution in [-0.4, -0.2) is 33.7 Å². The van der Waals surface area contributed by atoms with E-state index in [0.717, 1.165) is 17.0 Å². The fourth-order valence-corrected chi connectivity index (χ4v) is 2.45. The summed E-state index contributed by atoms with van der Waals surface area (Å²) in [6.45, 7) is 5.31. The van der Waals surface area contributed by atoms with Gasteiger partial charge in [-0.25, -0.2) is 0 Å². The molecule has 0 fully saturated rings. The second kappa shape index (κ2) is 7.96. The van der Waals surface area contributed by atoms with Crippen molar-refractivity contribution in [2.45, 2.75) is 20.4 Å². The number of hydrogen-bond donors (Lipinski definition) is 1. The molecule has 2 N–H and O–H groups in total. The van der Waals surface area contributed by atoms with Crippen LogP contribution >= 0.6 is 12.4 Å². The molecule has 0 aliphatic heterocycles. The van der Waals surface area contributed by atoms with Crippen LogP contribution in [0.4, 0.5) is 0 Å². The lowest BCUT2D eigenvalue weighted by atomic mass is 10.1. The number of halogens is 1. The Balaban J connectivity index is 0.00000242. The third kappa shape index (κ3) is 3.87. The molecule has 0 unspecified atom stereocenters. The summed E-state index contributed by atoms with van der Waals surface area (Å²) in [6, 6.07) is 9.94. The summed E-state index contributed by atoms with van der Waals surface area (Å²) >= 11 is 0. The lowest BCUT2D eigenvalue weighted by Crippen LogP contribution is -2.35. The van der Waals surface area contributed by atoms with Crippen LogP contribution in [0, 0.1) is 13.8 Å². The Morgan fingerprint density at radius 1 is 1.27 bits per heavy atom. The van der Waals surface area contributed by atoms with Gasteiger partial charge in [-0.15, -0.1) is 12.4 Å². The second-order valence-corrected chi connectivity index (χ2v) is 5.17. The van der Waals surface area contributed by atoms with Gasteiger partial charge in [0.2, 0.25) is 0 Å². The maximum absolute atomic E-state index is 12.8. The SMILES string of the molecule is Cc1nn(C)c(C)c1C(=O)N(CCN)Cc1ccccc1.Cl. The van der Waals surface area contributed by atoms with E-state index >= 15 is 0 Å². The van der Waals surface area contributed by atoms with Crippen LogP contribution in [0.2, 0.25) is 0 Å². The quantitative estimate of drug-likeness (QED) is 0.916. The van der Waals surface area contributed by atoms with E-state index in [0.29, 0.717) is 25.2 Å². The zero-order valence-corrected chi connectivity index (χ0v) is 14.1. The summed E-state index contributed by atoms with van der Waals surface area (Å²) in [5.74, 6) is -0.00703. The molecule has 0 radical (unpaired) electrons. The van der Waals surface area contributed by atoms with Crippen molar-refractivity contribution in [2.24, 2.45) is 12.8 Å². The van der Waals surface area contributed by atoms with E-state index in [1.807, 2.05) is 51.2 Å². The van der Waals surface area contributed by atoms with Gasteiger partial charge in [0.1, 0.15) is 0 Å². The van der Waals surface area contributed by atoms with Crippen LogP contribution in [0.3, 0.4) is 0 Å². The summed E-state index contributed by atoms with van der Waals surface area (Å²) in [7, 11) is 1.85. The number of carbonyl (C=O) groups excluding carboxylic acids is 1. The Morgan fingerprint density at radius 2 is 1.91 bits per heavy atom. The molecule has 22 heavy (non-hydrogen) atoms. The summed E-state index contributed by atoms with van der Waals surface area (Å²) in [5.41, 5.74) is 9.09. The van der Waals surface area contributed by atoms with Gasteiger partial charge in [0.05, 0.1) is 11.3 Å². The van der Waals surface area contributed by atoms with E-state index in [-0.39, 0.29) is 18.3 Å². The normalized spacial score (nSPS) is 10.2. The molecule has 6 heteroatoms. The topological polar surface area (TPSA) is 64.2 Å². The van der Waals surface area contributed by atoms with Gasteiger partial charge >= 0.3 is 0 Å². The Bertz CT molecular complexity index is 625. The van der Waals surface area contributed by atoms with E-state index < -0.39 is 0 Å². The number of nitrogens with zero attached hydrogens (tertiary/aromatic N) is 3. The predicted molar refractivity (Wildman–Crippen MR) is 90.2 cm³/mol. The van der Waals surface area contributed by atoms with Gasteiger partial charge in [-0.05, 0) is 19.4 Å². The molecule has 0 aliphatic carbocycles. The molecule has 1 amide bonds. The molecule has 2 rings (SSSR count). The maximum atomic E-state index is 12.8. The van der Waals surface area contributed by atoms with Gasteiger partial charge in [-0.3, -0.25) is 9.48 Å². The second-order valence-electron chi connectivity index (χ2n) is 5.17. The number of rotatable bonds is 5. The van der Waals surface area contributed by atoms with Crippen molar-refractivity contribution in [3.05, 3.63) is 52.8 Å². The molecule has 1 heterocycles. The van der Waals surface area contributed by atoms with Crippen molar-refractivity contribution < 1.29 is 4.79 Å². The van der Waals surface area contributed by atoms with Crippen molar-refractivity contribution in [2.75, 3.05) is 13.1 Å². The van der Waals surface area contributed by atoms with Crippen molar-refractivity contribution in [1.29, 1.82) is 0 Å². The van der Waals surface area contributed by atoms with Crippen molar-refractivity contribution in [3.8, 4) is 0 Å². The van der Waals surface area contributed by atoms with E-state index in [2.05, 4.69) is 5.10 Å². The molecule has 0 bridgehead atoms. The van der Waals surface area contributed by atoms with Gasteiger partial charge in [0.15, 0.2) is 0 Å². The number of aryl methyl sites for hydroxylation is 2. The number of nitrogens with two attached hydrogens (primary N) is 1. The summed E-state index contributed by atoms with van der Waals surface area (Å²) in [4.78, 5) is 14.6. The average Bonchev–Trinajstić information content (AvgIpc) is 2.72. The third-order valence-corrected chi connectivity index (χ3v) is 3.63. The van der Waals surface area contributed by atoms with E-state index in [4.69, 9.17) is 5.73 Å². The average molecular weight is 323 g/mol. The Hall–Kier alpha value is -1.85.